The molecule has 0 rings (SSSR count). The minimum Gasteiger partial charge on any atom is -0.305 e. The number of carbonyl (C=O) groups excluding carboxylic acids is 2. The number of hydrogen-bond acceptors (Lipinski definition) is 5. The summed E-state index contributed by atoms with van der Waals surface area (Å²) < 4.78 is 19.4. The number of hydrogen-bond donors (Lipinski definition) is 0. The lowest BCUT2D eigenvalue weighted by molar-refractivity contribution is 0.240. The zero-order chi connectivity index (χ0) is 8.91. The van der Waals surface area contributed by atoms with Crippen LogP contribution in [0.4, 0.5) is 4.79 Å². The maximum absolute atomic E-state index is 11.0. The number of nitrogens with zero attached hydrogens (tertiary/aromatic N) is 1. The molecule has 0 saturated carbocycles. The second kappa shape index (κ2) is 4.16. The summed E-state index contributed by atoms with van der Waals surface area (Å²) in [4.78, 5) is 22.7. The van der Waals surface area contributed by atoms with E-state index in [1.165, 1.54) is 0 Å². The fourth-order valence-electron chi connectivity index (χ4n) is 0.331. The second-order valence-electron chi connectivity index (χ2n) is 1.35. The Morgan fingerprint density at radius 3 is 2.18 bits per heavy atom. The van der Waals surface area contributed by atoms with Crippen LogP contribution in [0.3, 0.4) is 0 Å². The van der Waals surface area contributed by atoms with Crippen molar-refractivity contribution in [2.24, 2.45) is 4.99 Å². The van der Waals surface area contributed by atoms with Crippen LogP contribution in [0.1, 0.15) is 0 Å². The minimum absolute atomic E-state index is 0.935. The van der Waals surface area contributed by atoms with Crippen LogP contribution in [-0.4, -0.2) is 25.9 Å². The first-order valence-corrected chi connectivity index (χ1v) is 3.99. The standard InChI is InChI=1S/C4H6NO5P/c1-9-11(8,10-2)4(7)5-3-6/h1-2H3. The normalized spacial score (nSPS) is 10.4. The molecule has 0 aliphatic rings. The molecule has 0 unspecified atom stereocenters. The molecule has 62 valence electrons. The van der Waals surface area contributed by atoms with Crippen molar-refractivity contribution in [1.82, 2.24) is 0 Å². The lowest BCUT2D eigenvalue weighted by Gasteiger charge is -2.06. The highest BCUT2D eigenvalue weighted by Gasteiger charge is 2.32. The Bertz CT molecular complexity index is 235. The van der Waals surface area contributed by atoms with Crippen molar-refractivity contribution in [2.45, 2.75) is 0 Å². The van der Waals surface area contributed by atoms with Gasteiger partial charge in [0.15, 0.2) is 0 Å². The average Bonchev–Trinajstić information content (AvgIpc) is 2.03. The van der Waals surface area contributed by atoms with Gasteiger partial charge in [-0.25, -0.2) is 9.36 Å². The van der Waals surface area contributed by atoms with Gasteiger partial charge in [0.2, 0.25) is 6.08 Å². The van der Waals surface area contributed by atoms with Crippen molar-refractivity contribution < 1.29 is 23.2 Å². The van der Waals surface area contributed by atoms with E-state index in [0.717, 1.165) is 20.3 Å². The summed E-state index contributed by atoms with van der Waals surface area (Å²) in [6.45, 7) is 0. The van der Waals surface area contributed by atoms with Crippen molar-refractivity contribution in [3.8, 4) is 0 Å². The maximum atomic E-state index is 11.0. The van der Waals surface area contributed by atoms with Crippen LogP contribution in [0.2, 0.25) is 0 Å². The summed E-state index contributed by atoms with van der Waals surface area (Å²) in [5.74, 6) is 0. The summed E-state index contributed by atoms with van der Waals surface area (Å²) in [6, 6.07) is 0. The van der Waals surface area contributed by atoms with Crippen molar-refractivity contribution in [3.63, 3.8) is 0 Å². The van der Waals surface area contributed by atoms with Gasteiger partial charge in [-0.2, -0.15) is 0 Å². The summed E-state index contributed by atoms with van der Waals surface area (Å²) in [5.41, 5.74) is -1.25. The van der Waals surface area contributed by atoms with Crippen molar-refractivity contribution in [3.05, 3.63) is 0 Å². The van der Waals surface area contributed by atoms with Crippen molar-refractivity contribution in [2.75, 3.05) is 14.2 Å². The van der Waals surface area contributed by atoms with E-state index in [0.29, 0.717) is 0 Å². The van der Waals surface area contributed by atoms with Gasteiger partial charge in [-0.1, -0.05) is 0 Å². The smallest absolute Gasteiger partial charge is 0.305 e. The number of amides is 1. The molecule has 0 saturated heterocycles. The minimum atomic E-state index is -3.86. The SMILES string of the molecule is COP(=O)(OC)C(=O)N=C=O. The maximum Gasteiger partial charge on any atom is 0.420 e. The molecule has 0 bridgehead atoms. The van der Waals surface area contributed by atoms with Crippen LogP contribution < -0.4 is 0 Å². The van der Waals surface area contributed by atoms with Crippen LogP contribution in [-0.2, 0) is 18.4 Å². The third-order valence-electron chi connectivity index (χ3n) is 0.856. The zero-order valence-corrected chi connectivity index (χ0v) is 6.83. The van der Waals surface area contributed by atoms with Gasteiger partial charge in [-0.3, -0.25) is 4.79 Å². The van der Waals surface area contributed by atoms with E-state index in [9.17, 15) is 14.2 Å². The van der Waals surface area contributed by atoms with E-state index >= 15 is 0 Å². The highest BCUT2D eigenvalue weighted by atomic mass is 31.2. The molecule has 7 heteroatoms. The van der Waals surface area contributed by atoms with Gasteiger partial charge in [-0.15, -0.1) is 4.99 Å². The quantitative estimate of drug-likeness (QED) is 0.365. The zero-order valence-electron chi connectivity index (χ0n) is 5.94. The molecule has 0 aromatic carbocycles. The molecule has 11 heavy (non-hydrogen) atoms. The molecular weight excluding hydrogens is 173 g/mol. The number of rotatable bonds is 3. The molecule has 0 heterocycles. The molecule has 0 spiro atoms. The molecular formula is C4H6NO5P. The first kappa shape index (κ1) is 10.2. The van der Waals surface area contributed by atoms with Gasteiger partial charge in [0.1, 0.15) is 0 Å². The van der Waals surface area contributed by atoms with Crippen molar-refractivity contribution in [1.29, 1.82) is 0 Å². The Morgan fingerprint density at radius 2 is 1.91 bits per heavy atom. The predicted octanol–water partition coefficient (Wildman–Crippen LogP) is 0.928. The van der Waals surface area contributed by atoms with Crippen LogP contribution >= 0.6 is 7.60 Å². The lowest BCUT2D eigenvalue weighted by atomic mass is 11.3. The van der Waals surface area contributed by atoms with E-state index in [1.807, 2.05) is 0 Å². The van der Waals surface area contributed by atoms with Crippen LogP contribution in [0, 0.1) is 0 Å². The second-order valence-corrected chi connectivity index (χ2v) is 3.46. The van der Waals surface area contributed by atoms with Gasteiger partial charge in [0.25, 0.3) is 0 Å². The average molecular weight is 179 g/mol. The Morgan fingerprint density at radius 1 is 1.45 bits per heavy atom. The third-order valence-corrected chi connectivity index (χ3v) is 2.39. The third kappa shape index (κ3) is 2.37. The number of aliphatic imine (C=N–C) groups is 1. The van der Waals surface area contributed by atoms with Gasteiger partial charge in [0.05, 0.1) is 0 Å². The number of isocyanates is 1. The summed E-state index contributed by atoms with van der Waals surface area (Å²) in [7, 11) is -1.82. The molecule has 0 fully saturated rings. The highest BCUT2D eigenvalue weighted by Crippen LogP contribution is 2.48. The molecule has 6 nitrogen and oxygen atoms in total. The van der Waals surface area contributed by atoms with E-state index in [4.69, 9.17) is 0 Å². The molecule has 0 aliphatic carbocycles. The van der Waals surface area contributed by atoms with E-state index in [1.54, 1.807) is 0 Å². The Balaban J connectivity index is 4.65. The summed E-state index contributed by atoms with van der Waals surface area (Å²) >= 11 is 0. The largest absolute Gasteiger partial charge is 0.420 e. The fraction of sp³-hybridized carbons (Fsp3) is 0.500. The Labute approximate surface area is 62.7 Å². The monoisotopic (exact) mass is 179 g/mol. The van der Waals surface area contributed by atoms with Gasteiger partial charge in [-0.05, 0) is 0 Å². The van der Waals surface area contributed by atoms with E-state index < -0.39 is 13.2 Å². The van der Waals surface area contributed by atoms with Crippen LogP contribution in [0.25, 0.3) is 0 Å². The topological polar surface area (TPSA) is 82.0 Å². The van der Waals surface area contributed by atoms with E-state index in [-0.39, 0.29) is 0 Å². The van der Waals surface area contributed by atoms with Crippen LogP contribution in [0.15, 0.2) is 4.99 Å². The molecule has 1 amide bonds. The molecule has 0 aliphatic heterocycles. The predicted molar refractivity (Wildman–Crippen MR) is 35.1 cm³/mol. The summed E-state index contributed by atoms with van der Waals surface area (Å²) in [6.07, 6.45) is 0.935. The fourth-order valence-corrected chi connectivity index (χ4v) is 0.956. The highest BCUT2D eigenvalue weighted by molar-refractivity contribution is 7.71. The van der Waals surface area contributed by atoms with Crippen molar-refractivity contribution >= 4 is 19.3 Å². The van der Waals surface area contributed by atoms with Gasteiger partial charge < -0.3 is 9.05 Å². The first-order valence-electron chi connectivity index (χ1n) is 2.44. The molecule has 0 aromatic heterocycles. The molecule has 0 radical (unpaired) electrons. The molecule has 0 atom stereocenters. The van der Waals surface area contributed by atoms with E-state index in [2.05, 4.69) is 14.0 Å². The van der Waals surface area contributed by atoms with Crippen LogP contribution in [0.5, 0.6) is 0 Å². The number of carbonyl (C=O) groups is 1. The van der Waals surface area contributed by atoms with Gasteiger partial charge in [0, 0.05) is 14.2 Å². The first-order chi connectivity index (χ1) is 5.10. The van der Waals surface area contributed by atoms with Gasteiger partial charge >= 0.3 is 13.2 Å². The molecule has 0 aromatic rings. The lowest BCUT2D eigenvalue weighted by Crippen LogP contribution is -1.97. The Hall–Kier alpha value is -0.800. The Kier molecular flexibility index (Phi) is 3.85. The summed E-state index contributed by atoms with van der Waals surface area (Å²) in [5, 5.41) is 0. The molecule has 0 N–H and O–H groups in total.